The third-order valence-electron chi connectivity index (χ3n) is 15.0. The summed E-state index contributed by atoms with van der Waals surface area (Å²) >= 11 is 0. The van der Waals surface area contributed by atoms with Crippen LogP contribution in [0.25, 0.3) is 10.9 Å². The van der Waals surface area contributed by atoms with Crippen molar-refractivity contribution in [2.45, 2.75) is 228 Å². The Balaban J connectivity index is 0.0000185. The van der Waals surface area contributed by atoms with E-state index in [-0.39, 0.29) is 29.7 Å². The van der Waals surface area contributed by atoms with E-state index in [0.717, 1.165) is 16.5 Å². The largest absolute Gasteiger partial charge is 0.467 e. The van der Waals surface area contributed by atoms with Crippen LogP contribution in [0.1, 0.15) is 162 Å². The maximum atomic E-state index is 14.2. The Hall–Kier alpha value is -7.35. The zero-order valence-corrected chi connectivity index (χ0v) is 53.9. The van der Waals surface area contributed by atoms with Crippen molar-refractivity contribution < 1.29 is 73.2 Å². The van der Waals surface area contributed by atoms with Crippen LogP contribution in [0.2, 0.25) is 0 Å². The highest BCUT2D eigenvalue weighted by molar-refractivity contribution is 6.01. The van der Waals surface area contributed by atoms with E-state index in [9.17, 15) is 52.7 Å². The van der Waals surface area contributed by atoms with Crippen molar-refractivity contribution in [2.75, 3.05) is 13.7 Å². The summed E-state index contributed by atoms with van der Waals surface area (Å²) in [6.07, 6.45) is 2.95. The molecule has 10 amide bonds. The molecule has 486 valence electrons. The van der Waals surface area contributed by atoms with Gasteiger partial charge in [0.25, 0.3) is 0 Å². The first-order valence-electron chi connectivity index (χ1n) is 29.2. The average Bonchev–Trinajstić information content (AvgIpc) is 3.74. The van der Waals surface area contributed by atoms with Gasteiger partial charge in [0.2, 0.25) is 53.2 Å². The molecule has 0 aliphatic carbocycles. The predicted octanol–water partition coefficient (Wildman–Crippen LogP) is 2.04. The normalized spacial score (nSPS) is 16.4. The first kappa shape index (κ1) is 76.7. The number of hydrogen-bond donors (Lipinski definition) is 10. The highest BCUT2D eigenvalue weighted by Crippen LogP contribution is 2.24. The van der Waals surface area contributed by atoms with E-state index >= 15 is 0 Å². The van der Waals surface area contributed by atoms with Crippen molar-refractivity contribution >= 4 is 76.1 Å². The zero-order valence-electron chi connectivity index (χ0n) is 53.9. The van der Waals surface area contributed by atoms with Gasteiger partial charge in [-0.1, -0.05) is 86.4 Å². The number of benzene rings is 1. The molecule has 9 atom stereocenters. The molecule has 26 heteroatoms. The summed E-state index contributed by atoms with van der Waals surface area (Å²) in [5, 5.41) is 25.3. The van der Waals surface area contributed by atoms with E-state index in [1.807, 2.05) is 45.0 Å². The average molecular weight is 1220 g/mol. The number of rotatable bonds is 28. The minimum Gasteiger partial charge on any atom is -0.467 e. The Morgan fingerprint density at radius 3 is 1.65 bits per heavy atom. The van der Waals surface area contributed by atoms with Crippen LogP contribution in [0.15, 0.2) is 30.5 Å². The van der Waals surface area contributed by atoms with E-state index in [2.05, 4.69) is 52.8 Å². The number of carbonyl (C=O) groups excluding carboxylic acids is 11. The molecule has 1 saturated heterocycles. The summed E-state index contributed by atoms with van der Waals surface area (Å²) in [6.45, 7) is 29.7. The number of aromatic nitrogens is 1. The predicted molar refractivity (Wildman–Crippen MR) is 324 cm³/mol. The lowest BCUT2D eigenvalue weighted by atomic mass is 9.94. The van der Waals surface area contributed by atoms with Crippen LogP contribution in [0, 0.1) is 23.7 Å². The number of nitrogens with zero attached hydrogens (tertiary/aromatic N) is 1. The molecule has 86 heavy (non-hydrogen) atoms. The van der Waals surface area contributed by atoms with Crippen molar-refractivity contribution in [1.29, 1.82) is 0 Å². The van der Waals surface area contributed by atoms with Crippen LogP contribution >= 0.6 is 0 Å². The number of hydrogen-bond acceptors (Lipinski definition) is 13. The van der Waals surface area contributed by atoms with Crippen LogP contribution in [-0.4, -0.2) is 164 Å². The number of H-pyrrole nitrogens is 1. The summed E-state index contributed by atoms with van der Waals surface area (Å²) in [4.78, 5) is 156. The minimum atomic E-state index is -1.68. The second-order valence-electron chi connectivity index (χ2n) is 25.6. The number of fused-ring (bicyclic) bond motifs is 1. The van der Waals surface area contributed by atoms with Gasteiger partial charge in [-0.2, -0.15) is 0 Å². The summed E-state index contributed by atoms with van der Waals surface area (Å²) in [5.74, 6) is -8.41. The fourth-order valence-corrected chi connectivity index (χ4v) is 9.46. The lowest BCUT2D eigenvalue weighted by Crippen LogP contribution is -2.65. The van der Waals surface area contributed by atoms with Crippen molar-refractivity contribution in [3.63, 3.8) is 0 Å². The fourth-order valence-electron chi connectivity index (χ4n) is 9.46. The number of alkyl carbamates (subject to hydrolysis) is 1. The van der Waals surface area contributed by atoms with Gasteiger partial charge in [-0.25, -0.2) is 9.59 Å². The molecule has 3 rings (SSSR count). The molecule has 26 nitrogen and oxygen atoms in total. The molecule has 2 heterocycles. The van der Waals surface area contributed by atoms with Crippen LogP contribution in [0.3, 0.4) is 0 Å². The zero-order chi connectivity index (χ0) is 64.0. The third-order valence-corrected chi connectivity index (χ3v) is 15.0. The van der Waals surface area contributed by atoms with Crippen molar-refractivity contribution in [3.8, 4) is 0 Å². The molecule has 0 saturated carbocycles. The lowest BCUT2D eigenvalue weighted by Gasteiger charge is -2.35. The topological polar surface area (TPSA) is 397 Å². The highest BCUT2D eigenvalue weighted by atomic mass is 16.6. The number of nitrogens with one attached hydrogen (secondary N) is 10. The van der Waals surface area contributed by atoms with E-state index in [0.29, 0.717) is 32.2 Å². The van der Waals surface area contributed by atoms with Gasteiger partial charge in [0.15, 0.2) is 0 Å². The number of amides is 10. The number of likely N-dealkylation sites (tertiary alicyclic amines) is 1. The number of esters is 1. The van der Waals surface area contributed by atoms with Crippen LogP contribution in [0.5, 0.6) is 0 Å². The number of aromatic amines is 1. The molecule has 0 bridgehead atoms. The van der Waals surface area contributed by atoms with Crippen molar-refractivity contribution in [2.24, 2.45) is 23.7 Å². The van der Waals surface area contributed by atoms with E-state index in [1.54, 1.807) is 61.6 Å². The minimum absolute atomic E-state index is 0. The molecular weight excluding hydrogens is 1110 g/mol. The Bertz CT molecular complexity index is 2700. The van der Waals surface area contributed by atoms with Gasteiger partial charge in [-0.15, -0.1) is 0 Å². The standard InChI is InChI=1S/C60H97N11O13.2H2O/c1-20-34(7)44(66-47(73)41(64-56(82)84-57(10,11)12)30-37-31-61-39-26-23-22-25-38(37)39)49(75)62-36(9)46(72)68-59(15,16)54(80)67-45(35(8)21-2)50(76)65-43(33(5)6)51(77)70-58(13,14)53(79)63-40(29-32(3)4)48(74)69-60(17,18)55(81)71-28-24-27-42(71)52(78)83-19;;/h22-23,25-26,31-36,40-45,61H,20-21,24,27-30H2,1-19H3,(H,62,75)(H,63,79)(H,64,82)(H,65,76)(H,66,73)(H,67,80)(H,68,72)(H,69,74)(H,70,77);2*1H2/t34-,35-,36-,40-,41-,42-,43-,44-,45-;;/m0../s1. The monoisotopic (exact) mass is 1220 g/mol. The molecule has 1 aromatic carbocycles. The molecule has 0 spiro atoms. The van der Waals surface area contributed by atoms with Gasteiger partial charge < -0.3 is 78.2 Å². The van der Waals surface area contributed by atoms with Crippen molar-refractivity contribution in [1.82, 2.24) is 57.7 Å². The second kappa shape index (κ2) is 32.4. The van der Waals surface area contributed by atoms with E-state index in [1.165, 1.54) is 60.5 Å². The van der Waals surface area contributed by atoms with Gasteiger partial charge in [0, 0.05) is 30.1 Å². The summed E-state index contributed by atoms with van der Waals surface area (Å²) in [7, 11) is 1.24. The van der Waals surface area contributed by atoms with Gasteiger partial charge in [0.05, 0.1) is 7.11 Å². The van der Waals surface area contributed by atoms with Crippen LogP contribution in [0.4, 0.5) is 4.79 Å². The summed E-state index contributed by atoms with van der Waals surface area (Å²) in [6, 6.07) is -0.523. The lowest BCUT2D eigenvalue weighted by molar-refractivity contribution is -0.153. The quantitative estimate of drug-likeness (QED) is 0.0546. The van der Waals surface area contributed by atoms with Gasteiger partial charge >= 0.3 is 12.1 Å². The first-order chi connectivity index (χ1) is 38.8. The number of ether oxygens (including phenoxy) is 2. The molecule has 14 N–H and O–H groups in total. The fraction of sp³-hybridized carbons (Fsp3) is 0.683. The highest BCUT2D eigenvalue weighted by Gasteiger charge is 2.45. The van der Waals surface area contributed by atoms with Crippen LogP contribution < -0.4 is 47.9 Å². The first-order valence-corrected chi connectivity index (χ1v) is 29.2. The third kappa shape index (κ3) is 21.6. The molecule has 1 aliphatic heterocycles. The molecule has 1 aromatic heterocycles. The SMILES string of the molecule is CC[C@H](C)[C@H](NC(=O)[C@H](Cc1c[nH]c2ccccc12)NC(=O)OC(C)(C)C)C(=O)N[C@@H](C)C(=O)NC(C)(C)C(=O)N[C@H](C(=O)N[C@H](C(=O)NC(C)(C)C(=O)N[C@@H](CC(C)C)C(=O)NC(C)(C)C(=O)N1CCC[C@H]1C(=O)OC)C(C)C)[C@@H](C)CC.O.O. The second-order valence-corrected chi connectivity index (χ2v) is 25.6. The summed E-state index contributed by atoms with van der Waals surface area (Å²) < 4.78 is 10.4. The van der Waals surface area contributed by atoms with Crippen molar-refractivity contribution in [3.05, 3.63) is 36.0 Å². The maximum Gasteiger partial charge on any atom is 0.408 e. The molecule has 1 aliphatic rings. The Kier molecular flexibility index (Phi) is 28.9. The van der Waals surface area contributed by atoms with Crippen LogP contribution in [-0.2, 0) is 63.8 Å². The van der Waals surface area contributed by atoms with Gasteiger partial charge in [-0.3, -0.25) is 43.2 Å². The van der Waals surface area contributed by atoms with E-state index in [4.69, 9.17) is 9.47 Å². The Morgan fingerprint density at radius 2 is 1.12 bits per heavy atom. The Labute approximate surface area is 506 Å². The smallest absolute Gasteiger partial charge is 0.408 e. The molecule has 1 fully saturated rings. The van der Waals surface area contributed by atoms with Gasteiger partial charge in [-0.05, 0) is 124 Å². The Morgan fingerprint density at radius 1 is 0.605 bits per heavy atom. The summed E-state index contributed by atoms with van der Waals surface area (Å²) in [5.41, 5.74) is -4.13. The number of methoxy groups -OCH3 is 1. The number of carbonyl (C=O) groups is 11. The van der Waals surface area contributed by atoms with Gasteiger partial charge in [0.1, 0.15) is 64.5 Å². The number of para-hydroxylation sites is 1. The molecule has 2 aromatic rings. The molecular formula is C60H101N11O15. The van der Waals surface area contributed by atoms with E-state index < -0.39 is 147 Å². The maximum absolute atomic E-state index is 14.2. The molecule has 0 radical (unpaired) electrons. The molecule has 0 unspecified atom stereocenters.